The van der Waals surface area contributed by atoms with E-state index in [-0.39, 0.29) is 12.2 Å². The van der Waals surface area contributed by atoms with E-state index < -0.39 is 18.0 Å². The third kappa shape index (κ3) is 23.4. The van der Waals surface area contributed by atoms with Gasteiger partial charge in [0, 0.05) is 6.42 Å². The van der Waals surface area contributed by atoms with Gasteiger partial charge in [0.15, 0.2) is 0 Å². The molecule has 0 fully saturated rings. The van der Waals surface area contributed by atoms with E-state index in [2.05, 4.69) is 13.8 Å². The predicted octanol–water partition coefficient (Wildman–Crippen LogP) is 8.66. The van der Waals surface area contributed by atoms with Gasteiger partial charge >= 0.3 is 11.9 Å². The summed E-state index contributed by atoms with van der Waals surface area (Å²) in [4.78, 5) is 23.2. The van der Waals surface area contributed by atoms with E-state index in [1.165, 1.54) is 77.0 Å². The first-order chi connectivity index (χ1) is 16.0. The Labute approximate surface area is 203 Å². The number of ether oxygens (including phenoxy) is 1. The summed E-state index contributed by atoms with van der Waals surface area (Å²) >= 11 is 0. The van der Waals surface area contributed by atoms with Crippen molar-refractivity contribution in [1.82, 2.24) is 0 Å². The first-order valence-electron chi connectivity index (χ1n) is 13.8. The van der Waals surface area contributed by atoms with E-state index in [0.717, 1.165) is 44.6 Å². The van der Waals surface area contributed by atoms with Crippen molar-refractivity contribution in [2.24, 2.45) is 0 Å². The molecule has 0 aromatic rings. The molecule has 0 aliphatic heterocycles. The Hall–Kier alpha value is -1.52. The lowest BCUT2D eigenvalue weighted by Gasteiger charge is -2.15. The summed E-state index contributed by atoms with van der Waals surface area (Å²) in [5, 5.41) is 19.1. The first-order valence-corrected chi connectivity index (χ1v) is 13.8. The number of esters is 1. The molecule has 0 aromatic heterocycles. The number of carboxylic acids is 1. The molecule has 194 valence electrons. The molecular weight excluding hydrogens is 416 g/mol. The van der Waals surface area contributed by atoms with Crippen LogP contribution in [0.25, 0.3) is 0 Å². The first kappa shape index (κ1) is 31.5. The number of aliphatic hydroxyl groups excluding tert-OH is 1. The van der Waals surface area contributed by atoms with Crippen LogP contribution in [0.2, 0.25) is 0 Å². The number of hydrogen-bond acceptors (Lipinski definition) is 4. The molecule has 0 heterocycles. The zero-order valence-corrected chi connectivity index (χ0v) is 21.6. The fourth-order valence-corrected chi connectivity index (χ4v) is 4.10. The Morgan fingerprint density at radius 3 is 1.55 bits per heavy atom. The van der Waals surface area contributed by atoms with Crippen LogP contribution in [0, 0.1) is 0 Å². The van der Waals surface area contributed by atoms with E-state index in [9.17, 15) is 14.7 Å². The van der Waals surface area contributed by atoms with Crippen molar-refractivity contribution in [2.75, 3.05) is 0 Å². The van der Waals surface area contributed by atoms with Gasteiger partial charge in [-0.05, 0) is 19.3 Å². The van der Waals surface area contributed by atoms with Crippen molar-refractivity contribution < 1.29 is 24.5 Å². The summed E-state index contributed by atoms with van der Waals surface area (Å²) in [5.74, 6) is -1.57. The molecule has 5 heteroatoms. The van der Waals surface area contributed by atoms with E-state index in [1.807, 2.05) is 0 Å². The van der Waals surface area contributed by atoms with Crippen LogP contribution in [-0.4, -0.2) is 28.3 Å². The smallest absolute Gasteiger partial charge is 0.334 e. The van der Waals surface area contributed by atoms with Crippen LogP contribution >= 0.6 is 0 Å². The fourth-order valence-electron chi connectivity index (χ4n) is 4.10. The number of rotatable bonds is 24. The van der Waals surface area contributed by atoms with Crippen molar-refractivity contribution in [2.45, 2.75) is 155 Å². The molecule has 0 radical (unpaired) electrons. The number of carbonyl (C=O) groups excluding carboxylic acids is 1. The highest BCUT2D eigenvalue weighted by Gasteiger charge is 2.17. The van der Waals surface area contributed by atoms with Gasteiger partial charge in [0.2, 0.25) is 0 Å². The number of carboxylic acid groups (broad SMARTS) is 1. The lowest BCUT2D eigenvalue weighted by molar-refractivity contribution is -0.148. The summed E-state index contributed by atoms with van der Waals surface area (Å²) in [6.07, 6.45) is 22.8. The van der Waals surface area contributed by atoms with Crippen LogP contribution in [0.15, 0.2) is 11.8 Å². The van der Waals surface area contributed by atoms with Crippen molar-refractivity contribution in [3.63, 3.8) is 0 Å². The average molecular weight is 469 g/mol. The minimum Gasteiger partial charge on any atom is -0.512 e. The number of carbonyl (C=O) groups is 2. The van der Waals surface area contributed by atoms with Crippen LogP contribution < -0.4 is 0 Å². The van der Waals surface area contributed by atoms with Crippen molar-refractivity contribution in [3.8, 4) is 0 Å². The third-order valence-electron chi connectivity index (χ3n) is 6.14. The summed E-state index contributed by atoms with van der Waals surface area (Å²) < 4.78 is 5.34. The molecular formula is C28H52O5. The lowest BCUT2D eigenvalue weighted by Crippen LogP contribution is -2.21. The molecule has 0 spiro atoms. The molecule has 0 saturated heterocycles. The maximum atomic E-state index is 12.1. The van der Waals surface area contributed by atoms with E-state index in [1.54, 1.807) is 0 Å². The van der Waals surface area contributed by atoms with Crippen molar-refractivity contribution in [3.05, 3.63) is 11.8 Å². The fraction of sp³-hybridized carbons (Fsp3) is 0.857. The number of aliphatic hydroxyl groups is 1. The molecule has 1 atom stereocenters. The summed E-state index contributed by atoms with van der Waals surface area (Å²) in [6.45, 7) is 4.43. The highest BCUT2D eigenvalue weighted by molar-refractivity contribution is 5.82. The molecule has 1 unspecified atom stereocenters. The van der Waals surface area contributed by atoms with Gasteiger partial charge in [-0.3, -0.25) is 4.79 Å². The standard InChI is InChI=1S/C28H52O5/c1-3-5-7-9-11-12-13-14-16-18-20-22-26(24-27(30)31)33-28(32)23-25(29)21-19-17-15-10-8-6-4-2/h23,26,29H,3-22,24H2,1-2H3,(H,30,31). The zero-order chi connectivity index (χ0) is 24.6. The SMILES string of the molecule is CCCCCCCCCCCCCC(CC(=O)O)OC(=O)C=C(O)CCCCCCCCC. The van der Waals surface area contributed by atoms with E-state index in [0.29, 0.717) is 12.8 Å². The Morgan fingerprint density at radius 1 is 0.667 bits per heavy atom. The molecule has 0 bridgehead atoms. The Balaban J connectivity index is 3.99. The van der Waals surface area contributed by atoms with Crippen LogP contribution in [-0.2, 0) is 14.3 Å². The van der Waals surface area contributed by atoms with E-state index >= 15 is 0 Å². The van der Waals surface area contributed by atoms with Gasteiger partial charge in [-0.1, -0.05) is 117 Å². The van der Waals surface area contributed by atoms with Gasteiger partial charge in [-0.15, -0.1) is 0 Å². The largest absolute Gasteiger partial charge is 0.512 e. The van der Waals surface area contributed by atoms with Gasteiger partial charge < -0.3 is 14.9 Å². The molecule has 0 aliphatic carbocycles. The number of aliphatic carboxylic acids is 1. The maximum absolute atomic E-state index is 12.1. The summed E-state index contributed by atoms with van der Waals surface area (Å²) in [6, 6.07) is 0. The van der Waals surface area contributed by atoms with Gasteiger partial charge in [-0.2, -0.15) is 0 Å². The molecule has 5 nitrogen and oxygen atoms in total. The monoisotopic (exact) mass is 468 g/mol. The number of allylic oxidation sites excluding steroid dienone is 1. The molecule has 0 aliphatic rings. The number of unbranched alkanes of at least 4 members (excludes halogenated alkanes) is 16. The third-order valence-corrected chi connectivity index (χ3v) is 6.14. The van der Waals surface area contributed by atoms with Gasteiger partial charge in [0.05, 0.1) is 18.3 Å². The highest BCUT2D eigenvalue weighted by Crippen LogP contribution is 2.16. The van der Waals surface area contributed by atoms with Crippen LogP contribution in [0.3, 0.4) is 0 Å². The molecule has 0 rings (SSSR count). The Morgan fingerprint density at radius 2 is 1.09 bits per heavy atom. The second kappa shape index (κ2) is 23.6. The van der Waals surface area contributed by atoms with Gasteiger partial charge in [0.1, 0.15) is 6.10 Å². The maximum Gasteiger partial charge on any atom is 0.334 e. The normalized spacial score (nSPS) is 12.6. The van der Waals surface area contributed by atoms with Crippen LogP contribution in [0.5, 0.6) is 0 Å². The average Bonchev–Trinajstić information content (AvgIpc) is 2.76. The lowest BCUT2D eigenvalue weighted by atomic mass is 10.0. The quantitative estimate of drug-likeness (QED) is 0.0640. The number of hydrogen-bond donors (Lipinski definition) is 2. The molecule has 2 N–H and O–H groups in total. The Kier molecular flexibility index (Phi) is 22.5. The zero-order valence-electron chi connectivity index (χ0n) is 21.6. The van der Waals surface area contributed by atoms with Crippen molar-refractivity contribution in [1.29, 1.82) is 0 Å². The summed E-state index contributed by atoms with van der Waals surface area (Å²) in [5.41, 5.74) is 0. The van der Waals surface area contributed by atoms with Crippen LogP contribution in [0.1, 0.15) is 149 Å². The molecule has 33 heavy (non-hydrogen) atoms. The molecule has 0 amide bonds. The van der Waals surface area contributed by atoms with Crippen molar-refractivity contribution >= 4 is 11.9 Å². The summed E-state index contributed by atoms with van der Waals surface area (Å²) in [7, 11) is 0. The van der Waals surface area contributed by atoms with Gasteiger partial charge in [-0.25, -0.2) is 4.79 Å². The predicted molar refractivity (Wildman–Crippen MR) is 137 cm³/mol. The second-order valence-corrected chi connectivity index (χ2v) is 9.49. The molecule has 0 aromatic carbocycles. The van der Waals surface area contributed by atoms with Crippen LogP contribution in [0.4, 0.5) is 0 Å². The van der Waals surface area contributed by atoms with Gasteiger partial charge in [0.25, 0.3) is 0 Å². The second-order valence-electron chi connectivity index (χ2n) is 9.49. The van der Waals surface area contributed by atoms with E-state index in [4.69, 9.17) is 9.84 Å². The Bertz CT molecular complexity index is 501. The minimum absolute atomic E-state index is 0.0253. The highest BCUT2D eigenvalue weighted by atomic mass is 16.5. The molecule has 0 saturated carbocycles. The minimum atomic E-state index is -0.966. The topological polar surface area (TPSA) is 83.8 Å².